The molecule has 1 aromatic carbocycles. The summed E-state index contributed by atoms with van der Waals surface area (Å²) in [5.74, 6) is -0.202. The van der Waals surface area contributed by atoms with Crippen LogP contribution in [0.5, 0.6) is 0 Å². The first-order valence-corrected chi connectivity index (χ1v) is 6.31. The summed E-state index contributed by atoms with van der Waals surface area (Å²) in [6.07, 6.45) is 0.959. The summed E-state index contributed by atoms with van der Waals surface area (Å²) in [5.41, 5.74) is 2.11. The Kier molecular flexibility index (Phi) is 4.24. The van der Waals surface area contributed by atoms with Crippen LogP contribution in [-0.2, 0) is 0 Å². The van der Waals surface area contributed by atoms with E-state index >= 15 is 0 Å². The van der Waals surface area contributed by atoms with Gasteiger partial charge in [0.1, 0.15) is 0 Å². The highest BCUT2D eigenvalue weighted by Gasteiger charge is 2.12. The van der Waals surface area contributed by atoms with Gasteiger partial charge in [-0.1, -0.05) is 23.7 Å². The van der Waals surface area contributed by atoms with Crippen LogP contribution >= 0.6 is 11.6 Å². The van der Waals surface area contributed by atoms with E-state index in [-0.39, 0.29) is 12.5 Å². The van der Waals surface area contributed by atoms with E-state index in [0.29, 0.717) is 10.6 Å². The van der Waals surface area contributed by atoms with E-state index in [1.165, 1.54) is 0 Å². The molecule has 1 aromatic heterocycles. The zero-order valence-corrected chi connectivity index (χ0v) is 11.2. The number of amides is 1. The van der Waals surface area contributed by atoms with Crippen LogP contribution in [0.3, 0.4) is 0 Å². The quantitative estimate of drug-likeness (QED) is 0.804. The minimum absolute atomic E-state index is 0.158. The highest BCUT2D eigenvalue weighted by molar-refractivity contribution is 6.30. The molecular weight excluding hydrogens is 264 g/mol. The molecule has 0 bridgehead atoms. The molecule has 2 aromatic rings. The number of carbonyl (C=O) groups is 1. The third-order valence-electron chi connectivity index (χ3n) is 2.91. The van der Waals surface area contributed by atoms with Crippen molar-refractivity contribution in [3.8, 4) is 0 Å². The second-order valence-corrected chi connectivity index (χ2v) is 4.73. The molecule has 4 nitrogen and oxygen atoms in total. The van der Waals surface area contributed by atoms with Gasteiger partial charge in [-0.2, -0.15) is 0 Å². The number of hydrogen-bond donors (Lipinski definition) is 3. The molecule has 1 amide bonds. The fourth-order valence-electron chi connectivity index (χ4n) is 1.79. The molecule has 19 heavy (non-hydrogen) atoms. The van der Waals surface area contributed by atoms with Crippen LogP contribution in [0.25, 0.3) is 0 Å². The summed E-state index contributed by atoms with van der Waals surface area (Å²) >= 11 is 5.77. The number of aliphatic hydroxyl groups is 1. The van der Waals surface area contributed by atoms with Crippen molar-refractivity contribution in [3.63, 3.8) is 0 Å². The van der Waals surface area contributed by atoms with Gasteiger partial charge in [0.15, 0.2) is 0 Å². The normalized spacial score (nSPS) is 12.2. The van der Waals surface area contributed by atoms with Crippen LogP contribution in [0.15, 0.2) is 36.5 Å². The number of carbonyl (C=O) groups excluding carboxylic acids is 1. The fraction of sp³-hybridized carbons (Fsp3) is 0.214. The van der Waals surface area contributed by atoms with Crippen LogP contribution in [0.4, 0.5) is 0 Å². The minimum Gasteiger partial charge on any atom is -0.387 e. The van der Waals surface area contributed by atoms with Crippen LogP contribution in [0.1, 0.15) is 27.7 Å². The van der Waals surface area contributed by atoms with Crippen molar-refractivity contribution in [2.75, 3.05) is 6.54 Å². The number of hydrogen-bond acceptors (Lipinski definition) is 2. The van der Waals surface area contributed by atoms with E-state index in [9.17, 15) is 9.90 Å². The van der Waals surface area contributed by atoms with Crippen molar-refractivity contribution in [2.45, 2.75) is 13.0 Å². The molecule has 3 N–H and O–H groups in total. The molecule has 0 radical (unpaired) electrons. The Morgan fingerprint density at radius 1 is 1.37 bits per heavy atom. The Balaban J connectivity index is 1.94. The first-order chi connectivity index (χ1) is 9.08. The zero-order chi connectivity index (χ0) is 13.8. The maximum absolute atomic E-state index is 11.9. The predicted molar refractivity (Wildman–Crippen MR) is 74.3 cm³/mol. The third kappa shape index (κ3) is 3.36. The molecule has 100 valence electrons. The zero-order valence-electron chi connectivity index (χ0n) is 10.5. The summed E-state index contributed by atoms with van der Waals surface area (Å²) in [5, 5.41) is 13.3. The lowest BCUT2D eigenvalue weighted by Crippen LogP contribution is -2.28. The minimum atomic E-state index is -0.750. The molecule has 0 saturated carbocycles. The summed E-state index contributed by atoms with van der Waals surface area (Å²) < 4.78 is 0. The standard InChI is InChI=1S/C14H15ClN2O2/c1-9-12(6-7-16-9)14(19)17-8-13(18)10-2-4-11(15)5-3-10/h2-7,13,16,18H,8H2,1H3,(H,17,19). The Morgan fingerprint density at radius 3 is 2.63 bits per heavy atom. The molecule has 0 aliphatic carbocycles. The number of aliphatic hydroxyl groups excluding tert-OH is 1. The van der Waals surface area contributed by atoms with Crippen molar-refractivity contribution in [3.05, 3.63) is 58.4 Å². The van der Waals surface area contributed by atoms with E-state index in [1.54, 1.807) is 36.5 Å². The van der Waals surface area contributed by atoms with E-state index in [2.05, 4.69) is 10.3 Å². The lowest BCUT2D eigenvalue weighted by molar-refractivity contribution is 0.0916. The molecule has 1 unspecified atom stereocenters. The van der Waals surface area contributed by atoms with Gasteiger partial charge < -0.3 is 15.4 Å². The number of halogens is 1. The predicted octanol–water partition coefficient (Wildman–Crippen LogP) is 2.44. The molecule has 2 rings (SSSR count). The lowest BCUT2D eigenvalue weighted by atomic mass is 10.1. The number of nitrogens with one attached hydrogen (secondary N) is 2. The summed E-state index contributed by atoms with van der Waals surface area (Å²) in [7, 11) is 0. The van der Waals surface area contributed by atoms with Crippen molar-refractivity contribution >= 4 is 17.5 Å². The SMILES string of the molecule is Cc1[nH]ccc1C(=O)NCC(O)c1ccc(Cl)cc1. The maximum Gasteiger partial charge on any atom is 0.253 e. The van der Waals surface area contributed by atoms with Gasteiger partial charge in [0.05, 0.1) is 11.7 Å². The Morgan fingerprint density at radius 2 is 2.05 bits per heavy atom. The number of benzene rings is 1. The van der Waals surface area contributed by atoms with Gasteiger partial charge in [0, 0.05) is 23.5 Å². The highest BCUT2D eigenvalue weighted by Crippen LogP contribution is 2.16. The molecule has 0 aliphatic heterocycles. The second kappa shape index (κ2) is 5.91. The third-order valence-corrected chi connectivity index (χ3v) is 3.16. The van der Waals surface area contributed by atoms with Crippen LogP contribution in [0.2, 0.25) is 5.02 Å². The second-order valence-electron chi connectivity index (χ2n) is 4.29. The Labute approximate surface area is 116 Å². The highest BCUT2D eigenvalue weighted by atomic mass is 35.5. The largest absolute Gasteiger partial charge is 0.387 e. The molecular formula is C14H15ClN2O2. The van der Waals surface area contributed by atoms with Crippen molar-refractivity contribution in [2.24, 2.45) is 0 Å². The Bertz CT molecular complexity index is 563. The molecule has 0 spiro atoms. The van der Waals surface area contributed by atoms with Gasteiger partial charge in [0.2, 0.25) is 0 Å². The van der Waals surface area contributed by atoms with Crippen LogP contribution < -0.4 is 5.32 Å². The first-order valence-electron chi connectivity index (χ1n) is 5.93. The number of H-pyrrole nitrogens is 1. The first kappa shape index (κ1) is 13.6. The maximum atomic E-state index is 11.9. The van der Waals surface area contributed by atoms with Gasteiger partial charge in [-0.15, -0.1) is 0 Å². The number of rotatable bonds is 4. The average molecular weight is 279 g/mol. The van der Waals surface area contributed by atoms with Crippen molar-refractivity contribution < 1.29 is 9.90 Å². The lowest BCUT2D eigenvalue weighted by Gasteiger charge is -2.12. The van der Waals surface area contributed by atoms with Gasteiger partial charge in [-0.05, 0) is 30.7 Å². The van der Waals surface area contributed by atoms with Gasteiger partial charge >= 0.3 is 0 Å². The van der Waals surface area contributed by atoms with E-state index in [0.717, 1.165) is 11.3 Å². The molecule has 0 saturated heterocycles. The number of aromatic nitrogens is 1. The fourth-order valence-corrected chi connectivity index (χ4v) is 1.91. The smallest absolute Gasteiger partial charge is 0.253 e. The van der Waals surface area contributed by atoms with E-state index in [4.69, 9.17) is 11.6 Å². The molecule has 0 fully saturated rings. The molecule has 1 heterocycles. The summed E-state index contributed by atoms with van der Waals surface area (Å²) in [6.45, 7) is 1.98. The molecule has 5 heteroatoms. The monoisotopic (exact) mass is 278 g/mol. The van der Waals surface area contributed by atoms with Crippen molar-refractivity contribution in [1.29, 1.82) is 0 Å². The van der Waals surface area contributed by atoms with Crippen LogP contribution in [-0.4, -0.2) is 22.5 Å². The van der Waals surface area contributed by atoms with Gasteiger partial charge in [0.25, 0.3) is 5.91 Å². The molecule has 1 atom stereocenters. The van der Waals surface area contributed by atoms with Gasteiger partial charge in [-0.3, -0.25) is 4.79 Å². The number of aryl methyl sites for hydroxylation is 1. The van der Waals surface area contributed by atoms with Gasteiger partial charge in [-0.25, -0.2) is 0 Å². The summed E-state index contributed by atoms with van der Waals surface area (Å²) in [6, 6.07) is 8.59. The average Bonchev–Trinajstić information content (AvgIpc) is 2.83. The Hall–Kier alpha value is -1.78. The molecule has 0 aliphatic rings. The number of aromatic amines is 1. The topological polar surface area (TPSA) is 65.1 Å². The van der Waals surface area contributed by atoms with E-state index in [1.807, 2.05) is 6.92 Å². The van der Waals surface area contributed by atoms with E-state index < -0.39 is 6.10 Å². The summed E-state index contributed by atoms with van der Waals surface area (Å²) in [4.78, 5) is 14.8. The van der Waals surface area contributed by atoms with Crippen LogP contribution in [0, 0.1) is 6.92 Å². The van der Waals surface area contributed by atoms with Crippen molar-refractivity contribution in [1.82, 2.24) is 10.3 Å².